The minimum absolute atomic E-state index is 0.0979. The van der Waals surface area contributed by atoms with Gasteiger partial charge in [0.2, 0.25) is 5.91 Å². The second kappa shape index (κ2) is 8.39. The molecule has 1 heterocycles. The summed E-state index contributed by atoms with van der Waals surface area (Å²) in [6.45, 7) is 5.31. The van der Waals surface area contributed by atoms with E-state index in [1.807, 2.05) is 24.6 Å². The molecule has 1 N–H and O–H groups in total. The minimum Gasteiger partial charge on any atom is -0.355 e. The summed E-state index contributed by atoms with van der Waals surface area (Å²) >= 11 is 0. The van der Waals surface area contributed by atoms with E-state index in [9.17, 15) is 4.79 Å². The Balaban J connectivity index is 1.55. The molecular weight excluding hydrogens is 336 g/mol. The Labute approximate surface area is 161 Å². The van der Waals surface area contributed by atoms with Crippen LogP contribution in [0, 0.1) is 25.2 Å². The third-order valence-corrected chi connectivity index (χ3v) is 5.89. The normalized spacial score (nSPS) is 15.0. The summed E-state index contributed by atoms with van der Waals surface area (Å²) in [5.74, 6) is 0.0979. The van der Waals surface area contributed by atoms with E-state index in [2.05, 4.69) is 40.8 Å². The van der Waals surface area contributed by atoms with Gasteiger partial charge in [-0.1, -0.05) is 36.8 Å². The summed E-state index contributed by atoms with van der Waals surface area (Å²) in [6, 6.07) is 12.7. The van der Waals surface area contributed by atoms with Crippen LogP contribution in [-0.2, 0) is 23.2 Å². The quantitative estimate of drug-likeness (QED) is 0.778. The number of carbonyl (C=O) groups excluding carboxylic acids is 1. The number of nitrogens with one attached hydrogen (secondary N) is 1. The average Bonchev–Trinajstić information content (AvgIpc) is 2.91. The van der Waals surface area contributed by atoms with Gasteiger partial charge >= 0.3 is 0 Å². The van der Waals surface area contributed by atoms with Crippen molar-refractivity contribution in [1.82, 2.24) is 15.1 Å². The Bertz CT molecular complexity index is 828. The summed E-state index contributed by atoms with van der Waals surface area (Å²) < 4.78 is 1.88. The maximum absolute atomic E-state index is 12.5. The van der Waals surface area contributed by atoms with Crippen molar-refractivity contribution in [3.63, 3.8) is 0 Å². The molecule has 1 amide bonds. The van der Waals surface area contributed by atoms with Crippen molar-refractivity contribution in [2.75, 3.05) is 6.54 Å². The zero-order valence-electron chi connectivity index (χ0n) is 16.3. The van der Waals surface area contributed by atoms with E-state index in [0.717, 1.165) is 36.3 Å². The highest BCUT2D eigenvalue weighted by atomic mass is 16.1. The van der Waals surface area contributed by atoms with Crippen LogP contribution in [0.3, 0.4) is 0 Å². The van der Waals surface area contributed by atoms with E-state index in [4.69, 9.17) is 5.26 Å². The first-order chi connectivity index (χ1) is 13.1. The molecule has 0 spiro atoms. The van der Waals surface area contributed by atoms with E-state index in [0.29, 0.717) is 25.8 Å². The number of carbonyl (C=O) groups is 1. The molecule has 5 nitrogen and oxygen atoms in total. The van der Waals surface area contributed by atoms with Crippen LogP contribution in [0.4, 0.5) is 0 Å². The summed E-state index contributed by atoms with van der Waals surface area (Å²) in [5.41, 5.74) is 4.60. The molecule has 0 aliphatic heterocycles. The average molecular weight is 364 g/mol. The second-order valence-electron chi connectivity index (χ2n) is 7.56. The highest BCUT2D eigenvalue weighted by Crippen LogP contribution is 2.43. The van der Waals surface area contributed by atoms with Crippen molar-refractivity contribution >= 4 is 5.91 Å². The molecule has 5 heteroatoms. The molecule has 0 radical (unpaired) electrons. The van der Waals surface area contributed by atoms with Crippen molar-refractivity contribution in [3.8, 4) is 6.07 Å². The molecule has 1 aliphatic carbocycles. The third kappa shape index (κ3) is 4.21. The van der Waals surface area contributed by atoms with Gasteiger partial charge in [0.05, 0.1) is 24.7 Å². The topological polar surface area (TPSA) is 70.7 Å². The molecule has 1 aromatic carbocycles. The lowest BCUT2D eigenvalue weighted by molar-refractivity contribution is -0.121. The van der Waals surface area contributed by atoms with Gasteiger partial charge < -0.3 is 5.32 Å². The highest BCUT2D eigenvalue weighted by Gasteiger charge is 2.38. The molecule has 27 heavy (non-hydrogen) atoms. The molecule has 0 saturated heterocycles. The largest absolute Gasteiger partial charge is 0.355 e. The Morgan fingerprint density at radius 2 is 2.04 bits per heavy atom. The first-order valence-electron chi connectivity index (χ1n) is 9.78. The molecular formula is C22H28N4O. The number of rotatable bonds is 8. The number of aromatic nitrogens is 2. The second-order valence-corrected chi connectivity index (χ2v) is 7.56. The van der Waals surface area contributed by atoms with Crippen LogP contribution >= 0.6 is 0 Å². The Kier molecular flexibility index (Phi) is 5.95. The third-order valence-electron chi connectivity index (χ3n) is 5.89. The highest BCUT2D eigenvalue weighted by molar-refractivity contribution is 5.76. The van der Waals surface area contributed by atoms with Crippen LogP contribution in [-0.4, -0.2) is 22.2 Å². The van der Waals surface area contributed by atoms with E-state index in [1.165, 1.54) is 12.0 Å². The van der Waals surface area contributed by atoms with Gasteiger partial charge in [0.15, 0.2) is 0 Å². The van der Waals surface area contributed by atoms with Crippen LogP contribution in [0.25, 0.3) is 0 Å². The van der Waals surface area contributed by atoms with Crippen molar-refractivity contribution in [3.05, 3.63) is 52.8 Å². The SMILES string of the molecule is Cc1nn(CCC#N)c(C)c1CCC(=O)NCC1(c2ccccc2)CCC1. The summed E-state index contributed by atoms with van der Waals surface area (Å²) in [4.78, 5) is 12.5. The fourth-order valence-electron chi connectivity index (χ4n) is 4.03. The predicted octanol–water partition coefficient (Wildman–Crippen LogP) is 3.58. The van der Waals surface area contributed by atoms with E-state index in [1.54, 1.807) is 0 Å². The zero-order valence-corrected chi connectivity index (χ0v) is 16.3. The van der Waals surface area contributed by atoms with Gasteiger partial charge in [-0.25, -0.2) is 0 Å². The number of hydrogen-bond acceptors (Lipinski definition) is 3. The molecule has 142 valence electrons. The zero-order chi connectivity index (χ0) is 19.3. The fourth-order valence-corrected chi connectivity index (χ4v) is 4.03. The molecule has 1 aliphatic rings. The molecule has 1 saturated carbocycles. The molecule has 1 fully saturated rings. The minimum atomic E-state index is 0.0979. The van der Waals surface area contributed by atoms with Crippen molar-refractivity contribution in [2.45, 2.75) is 64.3 Å². The van der Waals surface area contributed by atoms with Crippen molar-refractivity contribution < 1.29 is 4.79 Å². The van der Waals surface area contributed by atoms with Gasteiger partial charge in [-0.05, 0) is 44.2 Å². The smallest absolute Gasteiger partial charge is 0.220 e. The number of nitriles is 1. The van der Waals surface area contributed by atoms with E-state index < -0.39 is 0 Å². The number of hydrogen-bond donors (Lipinski definition) is 1. The van der Waals surface area contributed by atoms with Gasteiger partial charge in [-0.15, -0.1) is 0 Å². The number of benzene rings is 1. The Hall–Kier alpha value is -2.61. The lowest BCUT2D eigenvalue weighted by atomic mass is 9.64. The van der Waals surface area contributed by atoms with Gasteiger partial charge in [-0.3, -0.25) is 9.48 Å². The molecule has 0 unspecified atom stereocenters. The monoisotopic (exact) mass is 364 g/mol. The fraction of sp³-hybridized carbons (Fsp3) is 0.500. The predicted molar refractivity (Wildman–Crippen MR) is 105 cm³/mol. The molecule has 1 aromatic heterocycles. The summed E-state index contributed by atoms with van der Waals surface area (Å²) in [5, 5.41) is 16.4. The number of amides is 1. The van der Waals surface area contributed by atoms with E-state index in [-0.39, 0.29) is 11.3 Å². The Morgan fingerprint density at radius 3 is 2.67 bits per heavy atom. The van der Waals surface area contributed by atoms with Gasteiger partial charge in [0.1, 0.15) is 0 Å². The van der Waals surface area contributed by atoms with Crippen LogP contribution < -0.4 is 5.32 Å². The first kappa shape index (κ1) is 19.2. The number of nitrogens with zero attached hydrogens (tertiary/aromatic N) is 3. The lowest BCUT2D eigenvalue weighted by Crippen LogP contribution is -2.45. The first-order valence-corrected chi connectivity index (χ1v) is 9.78. The molecule has 2 aromatic rings. The van der Waals surface area contributed by atoms with Crippen molar-refractivity contribution in [2.24, 2.45) is 0 Å². The molecule has 3 rings (SSSR count). The maximum atomic E-state index is 12.5. The summed E-state index contributed by atoms with van der Waals surface area (Å²) in [6.07, 6.45) is 5.11. The Morgan fingerprint density at radius 1 is 1.30 bits per heavy atom. The van der Waals surface area contributed by atoms with Crippen LogP contribution in [0.2, 0.25) is 0 Å². The molecule has 0 bridgehead atoms. The van der Waals surface area contributed by atoms with Gasteiger partial charge in [0.25, 0.3) is 0 Å². The maximum Gasteiger partial charge on any atom is 0.220 e. The van der Waals surface area contributed by atoms with Crippen molar-refractivity contribution in [1.29, 1.82) is 5.26 Å². The summed E-state index contributed by atoms with van der Waals surface area (Å²) in [7, 11) is 0. The van der Waals surface area contributed by atoms with Crippen LogP contribution in [0.15, 0.2) is 30.3 Å². The van der Waals surface area contributed by atoms with Crippen LogP contribution in [0.1, 0.15) is 54.6 Å². The van der Waals surface area contributed by atoms with Crippen LogP contribution in [0.5, 0.6) is 0 Å². The van der Waals surface area contributed by atoms with Gasteiger partial charge in [0, 0.05) is 24.1 Å². The van der Waals surface area contributed by atoms with E-state index >= 15 is 0 Å². The molecule has 0 atom stereocenters. The van der Waals surface area contributed by atoms with Gasteiger partial charge in [-0.2, -0.15) is 10.4 Å². The standard InChI is InChI=1S/C22H28N4O/c1-17-20(18(2)26(25-17)15-7-14-23)10-11-21(27)24-16-22(12-6-13-22)19-8-4-3-5-9-19/h3-5,8-9H,6-7,10-13,15-16H2,1-2H3,(H,24,27). The lowest BCUT2D eigenvalue weighted by Gasteiger charge is -2.42. The number of aryl methyl sites for hydroxylation is 2.